The maximum Gasteiger partial charge on any atom is 0.317 e. The molecule has 4 nitrogen and oxygen atoms in total. The molecule has 0 fully saturated rings. The highest BCUT2D eigenvalue weighted by molar-refractivity contribution is 5.80. The van der Waals surface area contributed by atoms with E-state index in [2.05, 4.69) is 0 Å². The molecule has 0 aliphatic carbocycles. The van der Waals surface area contributed by atoms with Gasteiger partial charge in [-0.25, -0.2) is 0 Å². The van der Waals surface area contributed by atoms with Crippen LogP contribution in [-0.2, 0) is 9.53 Å². The van der Waals surface area contributed by atoms with E-state index < -0.39 is 0 Å². The zero-order valence-corrected chi connectivity index (χ0v) is 8.53. The van der Waals surface area contributed by atoms with Gasteiger partial charge in [0.25, 0.3) is 0 Å². The number of fused-ring (bicyclic) bond motifs is 1. The summed E-state index contributed by atoms with van der Waals surface area (Å²) in [6, 6.07) is 5.31. The molecular weight excluding hydrogens is 194 g/mol. The second kappa shape index (κ2) is 3.81. The Morgan fingerprint density at radius 1 is 1.67 bits per heavy atom. The highest BCUT2D eigenvalue weighted by Crippen LogP contribution is 2.35. The van der Waals surface area contributed by atoms with Crippen LogP contribution in [0.25, 0.3) is 0 Å². The predicted molar refractivity (Wildman–Crippen MR) is 55.7 cm³/mol. The Bertz CT molecular complexity index is 389. The molecule has 80 valence electrons. The third-order valence-electron chi connectivity index (χ3n) is 2.39. The Balaban J connectivity index is 2.25. The highest BCUT2D eigenvalue weighted by Gasteiger charge is 2.31. The van der Waals surface area contributed by atoms with Gasteiger partial charge in [-0.1, -0.05) is 6.07 Å². The number of nitrogens with two attached hydrogens (primary N) is 1. The van der Waals surface area contributed by atoms with Gasteiger partial charge in [0, 0.05) is 17.3 Å². The van der Waals surface area contributed by atoms with Gasteiger partial charge < -0.3 is 15.2 Å². The normalized spacial score (nSPS) is 18.1. The van der Waals surface area contributed by atoms with E-state index in [9.17, 15) is 4.79 Å². The fraction of sp³-hybridized carbons (Fsp3) is 0.364. The molecular formula is C11H13NO3. The van der Waals surface area contributed by atoms with E-state index in [1.54, 1.807) is 19.1 Å². The van der Waals surface area contributed by atoms with Crippen LogP contribution in [-0.4, -0.2) is 19.2 Å². The minimum atomic E-state index is -0.305. The first-order chi connectivity index (χ1) is 7.22. The molecule has 1 heterocycles. The van der Waals surface area contributed by atoms with Gasteiger partial charge in [0.05, 0.1) is 6.61 Å². The van der Waals surface area contributed by atoms with Crippen molar-refractivity contribution in [2.24, 2.45) is 0 Å². The third kappa shape index (κ3) is 1.75. The van der Waals surface area contributed by atoms with E-state index >= 15 is 0 Å². The molecule has 15 heavy (non-hydrogen) atoms. The number of benzene rings is 1. The molecule has 1 aliphatic rings. The first-order valence-corrected chi connectivity index (χ1v) is 4.91. The van der Waals surface area contributed by atoms with Crippen molar-refractivity contribution in [2.45, 2.75) is 12.8 Å². The molecule has 1 atom stereocenters. The summed E-state index contributed by atoms with van der Waals surface area (Å²) in [4.78, 5) is 11.6. The van der Waals surface area contributed by atoms with Crippen molar-refractivity contribution in [1.29, 1.82) is 0 Å². The molecule has 0 saturated carbocycles. The first-order valence-electron chi connectivity index (χ1n) is 4.91. The van der Waals surface area contributed by atoms with Crippen molar-refractivity contribution in [2.75, 3.05) is 18.9 Å². The molecule has 1 unspecified atom stereocenters. The van der Waals surface area contributed by atoms with E-state index in [1.807, 2.05) is 6.07 Å². The Kier molecular flexibility index (Phi) is 2.49. The number of esters is 1. The van der Waals surface area contributed by atoms with E-state index in [-0.39, 0.29) is 11.9 Å². The van der Waals surface area contributed by atoms with Crippen molar-refractivity contribution in [3.8, 4) is 5.75 Å². The van der Waals surface area contributed by atoms with Gasteiger partial charge in [-0.05, 0) is 13.0 Å². The Morgan fingerprint density at radius 3 is 3.20 bits per heavy atom. The number of hydrogen-bond acceptors (Lipinski definition) is 4. The van der Waals surface area contributed by atoms with Gasteiger partial charge in [-0.3, -0.25) is 4.79 Å². The number of nitrogen functional groups attached to an aromatic ring is 1. The number of anilines is 1. The molecule has 0 spiro atoms. The minimum absolute atomic E-state index is 0.235. The van der Waals surface area contributed by atoms with Crippen LogP contribution in [0.5, 0.6) is 5.75 Å². The molecule has 0 aromatic heterocycles. The lowest BCUT2D eigenvalue weighted by Gasteiger charge is -2.07. The van der Waals surface area contributed by atoms with E-state index in [4.69, 9.17) is 15.2 Å². The number of rotatable bonds is 2. The lowest BCUT2D eigenvalue weighted by atomic mass is 10.0. The molecule has 1 aromatic rings. The third-order valence-corrected chi connectivity index (χ3v) is 2.39. The molecule has 1 aromatic carbocycles. The van der Waals surface area contributed by atoms with Crippen LogP contribution in [0.3, 0.4) is 0 Å². The van der Waals surface area contributed by atoms with Gasteiger partial charge in [0.1, 0.15) is 18.3 Å². The monoisotopic (exact) mass is 207 g/mol. The van der Waals surface area contributed by atoms with Crippen molar-refractivity contribution in [3.63, 3.8) is 0 Å². The Labute approximate surface area is 88.0 Å². The van der Waals surface area contributed by atoms with Gasteiger partial charge in [0.2, 0.25) is 0 Å². The summed E-state index contributed by atoms with van der Waals surface area (Å²) in [7, 11) is 0. The maximum atomic E-state index is 11.6. The largest absolute Gasteiger partial charge is 0.492 e. The second-order valence-electron chi connectivity index (χ2n) is 3.41. The SMILES string of the molecule is CCOC(=O)C1COc2cc(N)ccc21. The molecule has 4 heteroatoms. The van der Waals surface area contributed by atoms with Crippen LogP contribution in [0.4, 0.5) is 5.69 Å². The fourth-order valence-electron chi connectivity index (χ4n) is 1.66. The fourth-order valence-corrected chi connectivity index (χ4v) is 1.66. The summed E-state index contributed by atoms with van der Waals surface area (Å²) in [5.41, 5.74) is 7.12. The highest BCUT2D eigenvalue weighted by atomic mass is 16.5. The maximum absolute atomic E-state index is 11.6. The number of carbonyl (C=O) groups is 1. The van der Waals surface area contributed by atoms with Crippen LogP contribution in [0, 0.1) is 0 Å². The van der Waals surface area contributed by atoms with Crippen LogP contribution in [0.15, 0.2) is 18.2 Å². The summed E-state index contributed by atoms with van der Waals surface area (Å²) in [6.45, 7) is 2.52. The Hall–Kier alpha value is -1.71. The second-order valence-corrected chi connectivity index (χ2v) is 3.41. The molecule has 1 aliphatic heterocycles. The van der Waals surface area contributed by atoms with Crippen molar-refractivity contribution in [3.05, 3.63) is 23.8 Å². The van der Waals surface area contributed by atoms with Crippen LogP contribution in [0.2, 0.25) is 0 Å². The summed E-state index contributed by atoms with van der Waals surface area (Å²) in [6.07, 6.45) is 0. The lowest BCUT2D eigenvalue weighted by molar-refractivity contribution is -0.145. The summed E-state index contributed by atoms with van der Waals surface area (Å²) >= 11 is 0. The smallest absolute Gasteiger partial charge is 0.317 e. The van der Waals surface area contributed by atoms with Crippen molar-refractivity contribution in [1.82, 2.24) is 0 Å². The minimum Gasteiger partial charge on any atom is -0.492 e. The number of ether oxygens (including phenoxy) is 2. The standard InChI is InChI=1S/C11H13NO3/c1-2-14-11(13)9-6-15-10-5-7(12)3-4-8(9)10/h3-5,9H,2,6,12H2,1H3. The number of carbonyl (C=O) groups excluding carboxylic acids is 1. The summed E-state index contributed by atoms with van der Waals surface area (Å²) in [5, 5.41) is 0. The van der Waals surface area contributed by atoms with E-state index in [0.29, 0.717) is 24.7 Å². The van der Waals surface area contributed by atoms with Gasteiger partial charge in [0.15, 0.2) is 0 Å². The molecule has 2 N–H and O–H groups in total. The zero-order valence-electron chi connectivity index (χ0n) is 8.53. The molecule has 0 radical (unpaired) electrons. The Morgan fingerprint density at radius 2 is 2.47 bits per heavy atom. The molecule has 0 amide bonds. The van der Waals surface area contributed by atoms with E-state index in [0.717, 1.165) is 5.56 Å². The summed E-state index contributed by atoms with van der Waals surface area (Å²) in [5.74, 6) is 0.148. The average Bonchev–Trinajstić information content (AvgIpc) is 2.60. The zero-order chi connectivity index (χ0) is 10.8. The van der Waals surface area contributed by atoms with Crippen molar-refractivity contribution >= 4 is 11.7 Å². The van der Waals surface area contributed by atoms with Crippen LogP contribution < -0.4 is 10.5 Å². The van der Waals surface area contributed by atoms with Crippen LogP contribution in [0.1, 0.15) is 18.4 Å². The summed E-state index contributed by atoms with van der Waals surface area (Å²) < 4.78 is 10.3. The van der Waals surface area contributed by atoms with Gasteiger partial charge in [-0.15, -0.1) is 0 Å². The van der Waals surface area contributed by atoms with Crippen molar-refractivity contribution < 1.29 is 14.3 Å². The molecule has 0 bridgehead atoms. The topological polar surface area (TPSA) is 61.5 Å². The van der Waals surface area contributed by atoms with Gasteiger partial charge >= 0.3 is 5.97 Å². The van der Waals surface area contributed by atoms with E-state index in [1.165, 1.54) is 0 Å². The average molecular weight is 207 g/mol. The quantitative estimate of drug-likeness (QED) is 0.586. The van der Waals surface area contributed by atoms with Crippen LogP contribution >= 0.6 is 0 Å². The lowest BCUT2D eigenvalue weighted by Crippen LogP contribution is -2.16. The van der Waals surface area contributed by atoms with Gasteiger partial charge in [-0.2, -0.15) is 0 Å². The first kappa shape index (κ1) is 9.83. The number of hydrogen-bond donors (Lipinski definition) is 1. The predicted octanol–water partition coefficient (Wildman–Crippen LogP) is 1.31. The molecule has 0 saturated heterocycles. The molecule has 2 rings (SSSR count).